The van der Waals surface area contributed by atoms with Gasteiger partial charge in [-0.3, -0.25) is 0 Å². The summed E-state index contributed by atoms with van der Waals surface area (Å²) in [7, 11) is 0.800. The van der Waals surface area contributed by atoms with E-state index in [1.165, 1.54) is 0 Å². The molecule has 0 unspecified atom stereocenters. The number of halogens is 6. The van der Waals surface area contributed by atoms with Crippen molar-refractivity contribution in [1.29, 1.82) is 0 Å². The Kier molecular flexibility index (Phi) is 4.22. The van der Waals surface area contributed by atoms with Crippen LogP contribution in [0.5, 0.6) is 5.88 Å². The highest BCUT2D eigenvalue weighted by Gasteiger charge is 2.34. The molecule has 0 N–H and O–H groups in total. The maximum Gasteiger partial charge on any atom is 0.574 e. The molecule has 0 aromatic carbocycles. The molecule has 0 atom stereocenters. The zero-order valence-electron chi connectivity index (χ0n) is 9.09. The van der Waals surface area contributed by atoms with Crippen LogP contribution in [0.15, 0.2) is 6.07 Å². The number of aromatic nitrogens is 1. The zero-order chi connectivity index (χ0) is 14.8. The van der Waals surface area contributed by atoms with Crippen LogP contribution >= 0.6 is 0 Å². The lowest BCUT2D eigenvalue weighted by molar-refractivity contribution is -0.276. The maximum absolute atomic E-state index is 13.4. The summed E-state index contributed by atoms with van der Waals surface area (Å²) in [5.41, 5.74) is -2.77. The van der Waals surface area contributed by atoms with E-state index in [0.717, 1.165) is 7.11 Å². The number of carbonyl (C=O) groups excluding carboxylic acids is 1. The highest BCUT2D eigenvalue weighted by Crippen LogP contribution is 2.29. The van der Waals surface area contributed by atoms with Crippen molar-refractivity contribution in [3.8, 4) is 5.88 Å². The van der Waals surface area contributed by atoms with E-state index < -0.39 is 41.7 Å². The highest BCUT2D eigenvalue weighted by atomic mass is 19.4. The molecule has 106 valence electrons. The van der Waals surface area contributed by atoms with Crippen molar-refractivity contribution in [2.45, 2.75) is 12.8 Å². The molecule has 0 aliphatic heterocycles. The van der Waals surface area contributed by atoms with E-state index in [4.69, 9.17) is 0 Å². The number of hydrogen-bond acceptors (Lipinski definition) is 4. The van der Waals surface area contributed by atoms with Gasteiger partial charge in [0.05, 0.1) is 7.11 Å². The van der Waals surface area contributed by atoms with E-state index in [2.05, 4.69) is 14.5 Å². The van der Waals surface area contributed by atoms with Gasteiger partial charge in [-0.25, -0.2) is 22.9 Å². The topological polar surface area (TPSA) is 48.4 Å². The number of ether oxygens (including phenoxy) is 2. The van der Waals surface area contributed by atoms with E-state index in [-0.39, 0.29) is 6.07 Å². The van der Waals surface area contributed by atoms with Crippen LogP contribution in [0, 0.1) is 5.82 Å². The van der Waals surface area contributed by atoms with Gasteiger partial charge in [0, 0.05) is 6.07 Å². The maximum atomic E-state index is 13.4. The van der Waals surface area contributed by atoms with Crippen molar-refractivity contribution in [2.24, 2.45) is 0 Å². The summed E-state index contributed by atoms with van der Waals surface area (Å²) in [5.74, 6) is -4.59. The second kappa shape index (κ2) is 5.33. The summed E-state index contributed by atoms with van der Waals surface area (Å²) in [6.45, 7) is 0. The number of methoxy groups -OCH3 is 1. The van der Waals surface area contributed by atoms with Crippen LogP contribution < -0.4 is 4.74 Å². The van der Waals surface area contributed by atoms with Crippen LogP contribution in [-0.4, -0.2) is 24.4 Å². The Labute approximate surface area is 101 Å². The lowest BCUT2D eigenvalue weighted by atomic mass is 10.2. The number of alkyl halides is 5. The summed E-state index contributed by atoms with van der Waals surface area (Å²) in [6, 6.07) is 0.223. The van der Waals surface area contributed by atoms with E-state index in [9.17, 15) is 31.1 Å². The molecule has 0 bridgehead atoms. The third kappa shape index (κ3) is 3.73. The lowest BCUT2D eigenvalue weighted by Crippen LogP contribution is -2.19. The molecule has 0 saturated heterocycles. The molecule has 0 aliphatic carbocycles. The number of carbonyl (C=O) groups is 1. The molecule has 1 aromatic heterocycles. The first-order valence-electron chi connectivity index (χ1n) is 4.48. The van der Waals surface area contributed by atoms with Crippen LogP contribution in [0.2, 0.25) is 0 Å². The van der Waals surface area contributed by atoms with Gasteiger partial charge in [-0.1, -0.05) is 0 Å². The molecule has 0 spiro atoms. The van der Waals surface area contributed by atoms with Crippen molar-refractivity contribution in [3.05, 3.63) is 23.1 Å². The van der Waals surface area contributed by atoms with Crippen molar-refractivity contribution in [3.63, 3.8) is 0 Å². The lowest BCUT2D eigenvalue weighted by Gasteiger charge is -2.11. The monoisotopic (exact) mass is 289 g/mol. The van der Waals surface area contributed by atoms with Gasteiger partial charge in [-0.2, -0.15) is 0 Å². The van der Waals surface area contributed by atoms with Crippen molar-refractivity contribution < 1.29 is 40.6 Å². The Hall–Kier alpha value is -2.00. The molecule has 10 heteroatoms. The van der Waals surface area contributed by atoms with Gasteiger partial charge >= 0.3 is 12.3 Å². The van der Waals surface area contributed by atoms with Gasteiger partial charge in [0.25, 0.3) is 6.43 Å². The Morgan fingerprint density at radius 2 is 1.95 bits per heavy atom. The van der Waals surface area contributed by atoms with Gasteiger partial charge in [0.15, 0.2) is 5.82 Å². The quantitative estimate of drug-likeness (QED) is 0.634. The predicted octanol–water partition coefficient (Wildman–Crippen LogP) is 2.84. The number of rotatable bonds is 3. The van der Waals surface area contributed by atoms with Gasteiger partial charge in [-0.05, 0) is 0 Å². The summed E-state index contributed by atoms with van der Waals surface area (Å²) in [6.07, 6.45) is -8.75. The van der Waals surface area contributed by atoms with E-state index in [1.807, 2.05) is 0 Å². The summed E-state index contributed by atoms with van der Waals surface area (Å²) < 4.78 is 81.3. The normalized spacial score (nSPS) is 11.6. The van der Waals surface area contributed by atoms with Gasteiger partial charge in [0.2, 0.25) is 5.88 Å². The Morgan fingerprint density at radius 1 is 1.37 bits per heavy atom. The summed E-state index contributed by atoms with van der Waals surface area (Å²) in [5, 5.41) is 0. The fourth-order valence-corrected chi connectivity index (χ4v) is 1.10. The number of pyridine rings is 1. The molecule has 0 aliphatic rings. The van der Waals surface area contributed by atoms with Crippen LogP contribution in [0.1, 0.15) is 22.5 Å². The molecule has 0 radical (unpaired) electrons. The number of hydrogen-bond donors (Lipinski definition) is 0. The van der Waals surface area contributed by atoms with Gasteiger partial charge < -0.3 is 9.47 Å². The molecule has 19 heavy (non-hydrogen) atoms. The van der Waals surface area contributed by atoms with E-state index in [0.29, 0.717) is 0 Å². The zero-order valence-corrected chi connectivity index (χ0v) is 9.09. The third-order valence-electron chi connectivity index (χ3n) is 1.79. The second-order valence-corrected chi connectivity index (χ2v) is 3.05. The first kappa shape index (κ1) is 15.1. The minimum atomic E-state index is -5.22. The highest BCUT2D eigenvalue weighted by molar-refractivity contribution is 5.90. The van der Waals surface area contributed by atoms with Crippen LogP contribution in [-0.2, 0) is 4.74 Å². The molecule has 0 amide bonds. The Bertz CT molecular complexity index is 488. The molecular formula is C9H5F6NO3. The molecule has 1 aromatic rings. The van der Waals surface area contributed by atoms with E-state index in [1.54, 1.807) is 0 Å². The standard InChI is InChI=1S/C9H5F6NO3/c1-18-8(17)3-2-4(19-9(13,14)15)16-6(5(3)10)7(11)12/h2,7H,1H3. The van der Waals surface area contributed by atoms with Gasteiger partial charge in [-0.15, -0.1) is 13.2 Å². The van der Waals surface area contributed by atoms with Gasteiger partial charge in [0.1, 0.15) is 11.3 Å². The van der Waals surface area contributed by atoms with Crippen LogP contribution in [0.25, 0.3) is 0 Å². The fraction of sp³-hybridized carbons (Fsp3) is 0.333. The second-order valence-electron chi connectivity index (χ2n) is 3.05. The Balaban J connectivity index is 3.35. The average Bonchev–Trinajstić information content (AvgIpc) is 2.27. The molecule has 4 nitrogen and oxygen atoms in total. The summed E-state index contributed by atoms with van der Waals surface area (Å²) in [4.78, 5) is 13.7. The molecular weight excluding hydrogens is 284 g/mol. The van der Waals surface area contributed by atoms with Crippen molar-refractivity contribution in [1.82, 2.24) is 4.98 Å². The van der Waals surface area contributed by atoms with Crippen molar-refractivity contribution in [2.75, 3.05) is 7.11 Å². The molecule has 1 rings (SSSR count). The summed E-state index contributed by atoms with van der Waals surface area (Å²) >= 11 is 0. The Morgan fingerprint density at radius 3 is 2.37 bits per heavy atom. The molecule has 1 heterocycles. The number of esters is 1. The van der Waals surface area contributed by atoms with Crippen molar-refractivity contribution >= 4 is 5.97 Å². The minimum absolute atomic E-state index is 0.223. The first-order valence-corrected chi connectivity index (χ1v) is 4.48. The van der Waals surface area contributed by atoms with Crippen LogP contribution in [0.4, 0.5) is 26.3 Å². The molecule has 0 fully saturated rings. The molecule has 0 saturated carbocycles. The smallest absolute Gasteiger partial charge is 0.465 e. The first-order chi connectivity index (χ1) is 8.65. The predicted molar refractivity (Wildman–Crippen MR) is 47.2 cm³/mol. The third-order valence-corrected chi connectivity index (χ3v) is 1.79. The average molecular weight is 289 g/mol. The SMILES string of the molecule is COC(=O)c1cc(OC(F)(F)F)nc(C(F)F)c1F. The van der Waals surface area contributed by atoms with E-state index >= 15 is 0 Å². The number of nitrogens with zero attached hydrogens (tertiary/aromatic N) is 1. The largest absolute Gasteiger partial charge is 0.574 e. The minimum Gasteiger partial charge on any atom is -0.465 e. The fourth-order valence-electron chi connectivity index (χ4n) is 1.10. The van der Waals surface area contributed by atoms with Crippen LogP contribution in [0.3, 0.4) is 0 Å².